The highest BCUT2D eigenvalue weighted by Crippen LogP contribution is 2.12. The second-order valence-corrected chi connectivity index (χ2v) is 3.70. The lowest BCUT2D eigenvalue weighted by atomic mass is 10.0. The molecule has 0 fully saturated rings. The summed E-state index contributed by atoms with van der Waals surface area (Å²) < 4.78 is 0. The van der Waals surface area contributed by atoms with E-state index in [2.05, 4.69) is 44.7 Å². The average molecular weight is 180 g/mol. The first-order chi connectivity index (χ1) is 5.74. The van der Waals surface area contributed by atoms with Crippen molar-refractivity contribution in [2.24, 2.45) is 0 Å². The molecule has 0 aliphatic rings. The van der Waals surface area contributed by atoms with E-state index >= 15 is 0 Å². The molecule has 0 bridgehead atoms. The molecule has 0 heterocycles. The first kappa shape index (κ1) is 9.66. The largest absolute Gasteiger partial charge is 0.179 e. The van der Waals surface area contributed by atoms with Crippen LogP contribution in [-0.2, 0) is 6.42 Å². The minimum Gasteiger partial charge on any atom is -0.179 e. The Bertz CT molecular complexity index is 253. The predicted molar refractivity (Wildman–Crippen MR) is 58.1 cm³/mol. The highest BCUT2D eigenvalue weighted by Gasteiger charge is 1.96. The first-order valence-electron chi connectivity index (χ1n) is 4.41. The van der Waals surface area contributed by atoms with Gasteiger partial charge >= 0.3 is 0 Å². The topological polar surface area (TPSA) is 0 Å². The van der Waals surface area contributed by atoms with Gasteiger partial charge in [0, 0.05) is 0 Å². The van der Waals surface area contributed by atoms with Gasteiger partial charge < -0.3 is 0 Å². The number of hydrogen-bond acceptors (Lipinski definition) is 1. The first-order valence-corrected chi connectivity index (χ1v) is 5.04. The third kappa shape index (κ3) is 2.56. The maximum Gasteiger partial charge on any atom is -0.00947 e. The molecule has 1 heteroatoms. The van der Waals surface area contributed by atoms with Crippen molar-refractivity contribution in [1.29, 1.82) is 0 Å². The Labute approximate surface area is 80.4 Å². The molecule has 0 atom stereocenters. The molecular weight excluding hydrogens is 164 g/mol. The van der Waals surface area contributed by atoms with Gasteiger partial charge in [-0.15, -0.1) is 0 Å². The van der Waals surface area contributed by atoms with Gasteiger partial charge in [-0.1, -0.05) is 23.8 Å². The Balaban J connectivity index is 2.72. The Morgan fingerprint density at radius 3 is 2.58 bits per heavy atom. The number of hydrogen-bond donors (Lipinski definition) is 1. The highest BCUT2D eigenvalue weighted by molar-refractivity contribution is 7.80. The molecule has 0 saturated heterocycles. The van der Waals surface area contributed by atoms with Gasteiger partial charge in [0.2, 0.25) is 0 Å². The van der Waals surface area contributed by atoms with E-state index in [0.717, 1.165) is 12.2 Å². The number of thiol groups is 1. The molecule has 1 rings (SSSR count). The van der Waals surface area contributed by atoms with E-state index in [-0.39, 0.29) is 0 Å². The van der Waals surface area contributed by atoms with E-state index in [1.807, 2.05) is 0 Å². The lowest BCUT2D eigenvalue weighted by Crippen LogP contribution is -1.90. The summed E-state index contributed by atoms with van der Waals surface area (Å²) in [6.07, 6.45) is 2.34. The summed E-state index contributed by atoms with van der Waals surface area (Å²) in [5, 5.41) is 0. The van der Waals surface area contributed by atoms with E-state index in [1.54, 1.807) is 0 Å². The van der Waals surface area contributed by atoms with Crippen LogP contribution in [0.15, 0.2) is 18.2 Å². The summed E-state index contributed by atoms with van der Waals surface area (Å²) in [6, 6.07) is 6.66. The van der Waals surface area contributed by atoms with E-state index in [9.17, 15) is 0 Å². The molecule has 0 radical (unpaired) electrons. The Kier molecular flexibility index (Phi) is 3.67. The molecule has 1 aromatic rings. The molecule has 1 aromatic carbocycles. The van der Waals surface area contributed by atoms with Crippen molar-refractivity contribution in [3.05, 3.63) is 34.9 Å². The van der Waals surface area contributed by atoms with Crippen molar-refractivity contribution in [3.63, 3.8) is 0 Å². The van der Waals surface area contributed by atoms with Gasteiger partial charge in [0.1, 0.15) is 0 Å². The lowest BCUT2D eigenvalue weighted by Gasteiger charge is -2.05. The summed E-state index contributed by atoms with van der Waals surface area (Å²) in [7, 11) is 0. The Morgan fingerprint density at radius 1 is 1.25 bits per heavy atom. The van der Waals surface area contributed by atoms with Crippen LogP contribution in [0, 0.1) is 13.8 Å². The Morgan fingerprint density at radius 2 is 2.00 bits per heavy atom. The van der Waals surface area contributed by atoms with Crippen LogP contribution in [0.2, 0.25) is 0 Å². The summed E-state index contributed by atoms with van der Waals surface area (Å²) in [5.74, 6) is 0.979. The van der Waals surface area contributed by atoms with E-state index in [0.29, 0.717) is 0 Å². The van der Waals surface area contributed by atoms with E-state index in [4.69, 9.17) is 0 Å². The SMILES string of the molecule is Cc1ccc(CCCS)c(C)c1. The van der Waals surface area contributed by atoms with Crippen LogP contribution in [0.25, 0.3) is 0 Å². The molecule has 0 aromatic heterocycles. The van der Waals surface area contributed by atoms with Crippen molar-refractivity contribution in [1.82, 2.24) is 0 Å². The normalized spacial score (nSPS) is 10.2. The van der Waals surface area contributed by atoms with Crippen molar-refractivity contribution >= 4 is 12.6 Å². The molecule has 66 valence electrons. The second kappa shape index (κ2) is 4.56. The fourth-order valence-electron chi connectivity index (χ4n) is 1.40. The van der Waals surface area contributed by atoms with Gasteiger partial charge in [-0.25, -0.2) is 0 Å². The maximum absolute atomic E-state index is 4.21. The zero-order chi connectivity index (χ0) is 8.97. The lowest BCUT2D eigenvalue weighted by molar-refractivity contribution is 0.925. The number of benzene rings is 1. The van der Waals surface area contributed by atoms with Crippen molar-refractivity contribution < 1.29 is 0 Å². The fraction of sp³-hybridized carbons (Fsp3) is 0.455. The smallest absolute Gasteiger partial charge is 0.00947 e. The van der Waals surface area contributed by atoms with Gasteiger partial charge in [0.15, 0.2) is 0 Å². The highest BCUT2D eigenvalue weighted by atomic mass is 32.1. The van der Waals surface area contributed by atoms with Gasteiger partial charge in [-0.05, 0) is 43.6 Å². The zero-order valence-corrected chi connectivity index (χ0v) is 8.70. The number of rotatable bonds is 3. The van der Waals surface area contributed by atoms with Crippen LogP contribution in [0.3, 0.4) is 0 Å². The third-order valence-corrected chi connectivity index (χ3v) is 2.42. The quantitative estimate of drug-likeness (QED) is 0.679. The maximum atomic E-state index is 4.21. The van der Waals surface area contributed by atoms with Gasteiger partial charge in [-0.2, -0.15) is 12.6 Å². The molecule has 0 amide bonds. The molecule has 0 unspecified atom stereocenters. The zero-order valence-electron chi connectivity index (χ0n) is 7.80. The predicted octanol–water partition coefficient (Wildman–Crippen LogP) is 3.17. The second-order valence-electron chi connectivity index (χ2n) is 3.26. The van der Waals surface area contributed by atoms with Crippen LogP contribution in [0.4, 0.5) is 0 Å². The third-order valence-electron chi connectivity index (χ3n) is 2.10. The molecule has 12 heavy (non-hydrogen) atoms. The van der Waals surface area contributed by atoms with E-state index in [1.165, 1.54) is 23.1 Å². The summed E-state index contributed by atoms with van der Waals surface area (Å²) >= 11 is 4.21. The molecule has 0 saturated carbocycles. The van der Waals surface area contributed by atoms with Crippen LogP contribution >= 0.6 is 12.6 Å². The van der Waals surface area contributed by atoms with Gasteiger partial charge in [-0.3, -0.25) is 0 Å². The average Bonchev–Trinajstić information content (AvgIpc) is 2.03. The Hall–Kier alpha value is -0.430. The molecule has 0 spiro atoms. The van der Waals surface area contributed by atoms with Gasteiger partial charge in [0.05, 0.1) is 0 Å². The van der Waals surface area contributed by atoms with Gasteiger partial charge in [0.25, 0.3) is 0 Å². The van der Waals surface area contributed by atoms with Crippen molar-refractivity contribution in [2.45, 2.75) is 26.7 Å². The molecular formula is C11H16S. The minimum atomic E-state index is 0.979. The van der Waals surface area contributed by atoms with E-state index < -0.39 is 0 Å². The molecule has 0 aliphatic carbocycles. The fourth-order valence-corrected chi connectivity index (χ4v) is 1.55. The molecule has 0 nitrogen and oxygen atoms in total. The minimum absolute atomic E-state index is 0.979. The monoisotopic (exact) mass is 180 g/mol. The van der Waals surface area contributed by atoms with Crippen molar-refractivity contribution in [3.8, 4) is 0 Å². The van der Waals surface area contributed by atoms with Crippen LogP contribution in [-0.4, -0.2) is 5.75 Å². The summed E-state index contributed by atoms with van der Waals surface area (Å²) in [6.45, 7) is 4.32. The van der Waals surface area contributed by atoms with Crippen LogP contribution in [0.5, 0.6) is 0 Å². The van der Waals surface area contributed by atoms with Crippen LogP contribution in [0.1, 0.15) is 23.1 Å². The van der Waals surface area contributed by atoms with Crippen molar-refractivity contribution in [2.75, 3.05) is 5.75 Å². The molecule has 0 N–H and O–H groups in total. The molecule has 0 aliphatic heterocycles. The van der Waals surface area contributed by atoms with Crippen LogP contribution < -0.4 is 0 Å². The standard InChI is InChI=1S/C11H16S/c1-9-5-6-11(4-3-7-12)10(2)8-9/h5-6,8,12H,3-4,7H2,1-2H3. The summed E-state index contributed by atoms with van der Waals surface area (Å²) in [4.78, 5) is 0. The summed E-state index contributed by atoms with van der Waals surface area (Å²) in [5.41, 5.74) is 4.23. The number of aryl methyl sites for hydroxylation is 3.